The van der Waals surface area contributed by atoms with E-state index in [9.17, 15) is 4.79 Å². The molecule has 0 fully saturated rings. The van der Waals surface area contributed by atoms with Crippen LogP contribution in [0.25, 0.3) is 11.0 Å². The van der Waals surface area contributed by atoms with E-state index in [0.29, 0.717) is 5.75 Å². The molecule has 0 saturated carbocycles. The molecule has 2 N–H and O–H groups in total. The summed E-state index contributed by atoms with van der Waals surface area (Å²) in [5, 5.41) is 3.00. The van der Waals surface area contributed by atoms with Crippen molar-refractivity contribution in [3.63, 3.8) is 0 Å². The fourth-order valence-electron chi connectivity index (χ4n) is 2.48. The van der Waals surface area contributed by atoms with Gasteiger partial charge >= 0.3 is 0 Å². The van der Waals surface area contributed by atoms with Gasteiger partial charge in [-0.05, 0) is 31.5 Å². The number of nitrogens with one attached hydrogen (secondary N) is 2. The van der Waals surface area contributed by atoms with Crippen molar-refractivity contribution in [1.29, 1.82) is 0 Å². The fourth-order valence-corrected chi connectivity index (χ4v) is 3.27. The molecule has 0 spiro atoms. The van der Waals surface area contributed by atoms with Gasteiger partial charge in [0.05, 0.1) is 22.8 Å². The van der Waals surface area contributed by atoms with Gasteiger partial charge in [-0.2, -0.15) is 0 Å². The normalized spacial score (nSPS) is 12.2. The Morgan fingerprint density at radius 1 is 1.21 bits per heavy atom. The highest BCUT2D eigenvalue weighted by atomic mass is 32.2. The monoisotopic (exact) mass is 339 g/mol. The van der Waals surface area contributed by atoms with Crippen LogP contribution in [-0.2, 0) is 10.5 Å². The number of aromatic amines is 1. The molecule has 1 heterocycles. The minimum Gasteiger partial charge on any atom is -0.346 e. The van der Waals surface area contributed by atoms with E-state index in [4.69, 9.17) is 0 Å². The quantitative estimate of drug-likeness (QED) is 0.714. The van der Waals surface area contributed by atoms with E-state index >= 15 is 0 Å². The number of carbonyl (C=O) groups excluding carboxylic acids is 1. The van der Waals surface area contributed by atoms with Crippen LogP contribution in [-0.4, -0.2) is 21.6 Å². The standard InChI is InChI=1S/C19H21N3OS/c1-13-7-9-15(10-8-13)11-24-12-18(23)20-14(2)19-21-16-5-3-4-6-17(16)22-19/h3-10,14H,11-12H2,1-2H3,(H,20,23)(H,21,22). The lowest BCUT2D eigenvalue weighted by molar-refractivity contribution is -0.119. The van der Waals surface area contributed by atoms with E-state index < -0.39 is 0 Å². The van der Waals surface area contributed by atoms with Crippen LogP contribution in [0.5, 0.6) is 0 Å². The lowest BCUT2D eigenvalue weighted by Gasteiger charge is -2.11. The van der Waals surface area contributed by atoms with Crippen LogP contribution in [0.4, 0.5) is 0 Å². The predicted molar refractivity (Wildman–Crippen MR) is 100.0 cm³/mol. The molecule has 124 valence electrons. The molecule has 5 heteroatoms. The Kier molecular flexibility index (Phi) is 5.20. The summed E-state index contributed by atoms with van der Waals surface area (Å²) in [6.45, 7) is 4.02. The summed E-state index contributed by atoms with van der Waals surface area (Å²) in [5.74, 6) is 2.10. The first-order chi connectivity index (χ1) is 11.6. The minimum atomic E-state index is -0.134. The van der Waals surface area contributed by atoms with Crippen LogP contribution >= 0.6 is 11.8 Å². The lowest BCUT2D eigenvalue weighted by atomic mass is 10.2. The molecule has 1 aromatic heterocycles. The number of carbonyl (C=O) groups is 1. The summed E-state index contributed by atoms with van der Waals surface area (Å²) in [7, 11) is 0. The molecule has 1 amide bonds. The average molecular weight is 339 g/mol. The zero-order valence-electron chi connectivity index (χ0n) is 13.9. The number of aryl methyl sites for hydroxylation is 1. The first-order valence-corrected chi connectivity index (χ1v) is 9.14. The Morgan fingerprint density at radius 2 is 1.96 bits per heavy atom. The molecule has 0 aliphatic carbocycles. The zero-order chi connectivity index (χ0) is 16.9. The number of nitrogens with zero attached hydrogens (tertiary/aromatic N) is 1. The Morgan fingerprint density at radius 3 is 2.71 bits per heavy atom. The van der Waals surface area contributed by atoms with Crippen molar-refractivity contribution in [2.75, 3.05) is 5.75 Å². The summed E-state index contributed by atoms with van der Waals surface area (Å²) in [5.41, 5.74) is 4.40. The Labute approximate surface area is 146 Å². The number of para-hydroxylation sites is 2. The molecule has 2 aromatic carbocycles. The van der Waals surface area contributed by atoms with Crippen LogP contribution in [0.1, 0.15) is 29.9 Å². The van der Waals surface area contributed by atoms with E-state index in [1.807, 2.05) is 31.2 Å². The van der Waals surface area contributed by atoms with Crippen LogP contribution < -0.4 is 5.32 Å². The Balaban J connectivity index is 1.49. The number of aromatic nitrogens is 2. The largest absolute Gasteiger partial charge is 0.346 e. The Bertz CT molecular complexity index is 793. The number of amides is 1. The molecule has 1 unspecified atom stereocenters. The number of H-pyrrole nitrogens is 1. The van der Waals surface area contributed by atoms with Gasteiger partial charge in [0, 0.05) is 5.75 Å². The predicted octanol–water partition coefficient (Wildman–Crippen LogP) is 3.98. The smallest absolute Gasteiger partial charge is 0.230 e. The van der Waals surface area contributed by atoms with Crippen LogP contribution in [0.3, 0.4) is 0 Å². The van der Waals surface area contributed by atoms with Crippen molar-refractivity contribution < 1.29 is 4.79 Å². The van der Waals surface area contributed by atoms with Crippen molar-refractivity contribution >= 4 is 28.7 Å². The average Bonchev–Trinajstić information content (AvgIpc) is 3.01. The molecule has 4 nitrogen and oxygen atoms in total. The number of fused-ring (bicyclic) bond motifs is 1. The van der Waals surface area contributed by atoms with E-state index in [1.54, 1.807) is 11.8 Å². The van der Waals surface area contributed by atoms with Gasteiger partial charge in [0.2, 0.25) is 5.91 Å². The molecule has 0 saturated heterocycles. The van der Waals surface area contributed by atoms with Crippen molar-refractivity contribution in [3.05, 3.63) is 65.5 Å². The summed E-state index contributed by atoms with van der Waals surface area (Å²) in [6, 6.07) is 16.1. The van der Waals surface area contributed by atoms with Gasteiger partial charge in [-0.15, -0.1) is 11.8 Å². The topological polar surface area (TPSA) is 57.8 Å². The SMILES string of the molecule is Cc1ccc(CSCC(=O)NC(C)c2nc3ccccc3[nH]2)cc1. The molecule has 3 aromatic rings. The van der Waals surface area contributed by atoms with E-state index in [1.165, 1.54) is 11.1 Å². The van der Waals surface area contributed by atoms with Crippen molar-refractivity contribution in [3.8, 4) is 0 Å². The second-order valence-electron chi connectivity index (χ2n) is 5.91. The Hall–Kier alpha value is -2.27. The number of thioether (sulfide) groups is 1. The summed E-state index contributed by atoms with van der Waals surface area (Å²) >= 11 is 1.62. The zero-order valence-corrected chi connectivity index (χ0v) is 14.7. The second kappa shape index (κ2) is 7.53. The maximum absolute atomic E-state index is 12.1. The molecule has 0 radical (unpaired) electrons. The molecule has 0 aliphatic heterocycles. The highest BCUT2D eigenvalue weighted by molar-refractivity contribution is 7.99. The van der Waals surface area contributed by atoms with Crippen LogP contribution in [0.2, 0.25) is 0 Å². The summed E-state index contributed by atoms with van der Waals surface area (Å²) in [4.78, 5) is 19.9. The number of rotatable bonds is 6. The number of hydrogen-bond acceptors (Lipinski definition) is 3. The van der Waals surface area contributed by atoms with Crippen LogP contribution in [0.15, 0.2) is 48.5 Å². The van der Waals surface area contributed by atoms with E-state index in [0.717, 1.165) is 22.6 Å². The first-order valence-electron chi connectivity index (χ1n) is 7.99. The van der Waals surface area contributed by atoms with Crippen LogP contribution in [0, 0.1) is 6.92 Å². The van der Waals surface area contributed by atoms with Gasteiger partial charge in [-0.3, -0.25) is 4.79 Å². The summed E-state index contributed by atoms with van der Waals surface area (Å²) in [6.07, 6.45) is 0. The van der Waals surface area contributed by atoms with Gasteiger partial charge in [-0.25, -0.2) is 4.98 Å². The second-order valence-corrected chi connectivity index (χ2v) is 6.89. The highest BCUT2D eigenvalue weighted by Gasteiger charge is 2.13. The number of imidazole rings is 1. The van der Waals surface area contributed by atoms with Gasteiger partial charge in [0.25, 0.3) is 0 Å². The van der Waals surface area contributed by atoms with Gasteiger partial charge in [0.15, 0.2) is 0 Å². The third-order valence-corrected chi connectivity index (χ3v) is 4.82. The van der Waals surface area contributed by atoms with Gasteiger partial charge < -0.3 is 10.3 Å². The third kappa shape index (κ3) is 4.17. The van der Waals surface area contributed by atoms with Gasteiger partial charge in [0.1, 0.15) is 5.82 Å². The van der Waals surface area contributed by atoms with E-state index in [-0.39, 0.29) is 11.9 Å². The van der Waals surface area contributed by atoms with Gasteiger partial charge in [-0.1, -0.05) is 42.0 Å². The molecular weight excluding hydrogens is 318 g/mol. The number of hydrogen-bond donors (Lipinski definition) is 2. The third-order valence-electron chi connectivity index (χ3n) is 3.82. The van der Waals surface area contributed by atoms with Crippen molar-refractivity contribution in [1.82, 2.24) is 15.3 Å². The maximum Gasteiger partial charge on any atom is 0.230 e. The summed E-state index contributed by atoms with van der Waals surface area (Å²) < 4.78 is 0. The molecule has 3 rings (SSSR count). The van der Waals surface area contributed by atoms with E-state index in [2.05, 4.69) is 46.5 Å². The number of benzene rings is 2. The van der Waals surface area contributed by atoms with Crippen molar-refractivity contribution in [2.45, 2.75) is 25.6 Å². The lowest BCUT2D eigenvalue weighted by Crippen LogP contribution is -2.28. The fraction of sp³-hybridized carbons (Fsp3) is 0.263. The molecule has 1 atom stereocenters. The molecule has 24 heavy (non-hydrogen) atoms. The first kappa shape index (κ1) is 16.6. The molecular formula is C19H21N3OS. The maximum atomic E-state index is 12.1. The molecule has 0 aliphatic rings. The minimum absolute atomic E-state index is 0.0278. The molecule has 0 bridgehead atoms. The highest BCUT2D eigenvalue weighted by Crippen LogP contribution is 2.16. The van der Waals surface area contributed by atoms with Crippen molar-refractivity contribution in [2.24, 2.45) is 0 Å².